The molecule has 2 aliphatic rings. The van der Waals surface area contributed by atoms with Gasteiger partial charge in [-0.3, -0.25) is 14.7 Å². The van der Waals surface area contributed by atoms with Crippen LogP contribution in [0.5, 0.6) is 0 Å². The normalized spacial score (nSPS) is 16.8. The lowest BCUT2D eigenvalue weighted by molar-refractivity contribution is 0.256. The Kier molecular flexibility index (Phi) is 6.08. The predicted molar refractivity (Wildman–Crippen MR) is 130 cm³/mol. The number of anilines is 2. The predicted octanol–water partition coefficient (Wildman–Crippen LogP) is 3.13. The molecule has 3 aromatic rings. The van der Waals surface area contributed by atoms with Crippen LogP contribution in [0, 0.1) is 6.92 Å². The van der Waals surface area contributed by atoms with Gasteiger partial charge in [-0.25, -0.2) is 9.97 Å². The van der Waals surface area contributed by atoms with Crippen LogP contribution in [-0.2, 0) is 12.8 Å². The molecule has 5 rings (SSSR count). The number of aromatic nitrogens is 3. The number of hydrogen-bond acceptors (Lipinski definition) is 6. The topological polar surface area (TPSA) is 77.1 Å². The molecule has 32 heavy (non-hydrogen) atoms. The molecular formula is C25H32N6O. The van der Waals surface area contributed by atoms with Crippen LogP contribution in [-0.4, -0.2) is 59.1 Å². The van der Waals surface area contributed by atoms with Gasteiger partial charge in [0.05, 0.1) is 11.2 Å². The van der Waals surface area contributed by atoms with E-state index in [4.69, 9.17) is 4.98 Å². The number of para-hydroxylation sites is 1. The summed E-state index contributed by atoms with van der Waals surface area (Å²) in [5.41, 5.74) is 4.26. The lowest BCUT2D eigenvalue weighted by Gasteiger charge is -2.35. The molecule has 7 heteroatoms. The van der Waals surface area contributed by atoms with Gasteiger partial charge < -0.3 is 10.2 Å². The molecule has 0 radical (unpaired) electrons. The molecule has 1 aliphatic carbocycles. The Bertz CT molecular complexity index is 1150. The minimum atomic E-state index is 0.0332. The maximum atomic E-state index is 12.3. The average molecular weight is 433 g/mol. The molecule has 2 aromatic heterocycles. The van der Waals surface area contributed by atoms with Gasteiger partial charge in [-0.2, -0.15) is 0 Å². The Hall–Kier alpha value is -2.93. The number of pyridine rings is 1. The van der Waals surface area contributed by atoms with Gasteiger partial charge in [-0.1, -0.05) is 18.2 Å². The highest BCUT2D eigenvalue weighted by Gasteiger charge is 2.19. The molecule has 0 atom stereocenters. The van der Waals surface area contributed by atoms with Crippen molar-refractivity contribution in [1.29, 1.82) is 0 Å². The Labute approximate surface area is 188 Å². The van der Waals surface area contributed by atoms with Crippen molar-refractivity contribution in [2.75, 3.05) is 49.5 Å². The van der Waals surface area contributed by atoms with Crippen molar-refractivity contribution in [2.45, 2.75) is 39.0 Å². The second-order valence-electron chi connectivity index (χ2n) is 8.97. The molecule has 1 aromatic carbocycles. The fraction of sp³-hybridized carbons (Fsp3) is 0.480. The van der Waals surface area contributed by atoms with E-state index in [-0.39, 0.29) is 5.56 Å². The second-order valence-corrected chi connectivity index (χ2v) is 8.97. The maximum absolute atomic E-state index is 12.3. The van der Waals surface area contributed by atoms with Gasteiger partial charge in [0, 0.05) is 43.7 Å². The lowest BCUT2D eigenvalue weighted by atomic mass is 9.97. The van der Waals surface area contributed by atoms with Gasteiger partial charge in [0.25, 0.3) is 5.56 Å². The molecule has 0 amide bonds. The van der Waals surface area contributed by atoms with Gasteiger partial charge in [-0.05, 0) is 63.3 Å². The summed E-state index contributed by atoms with van der Waals surface area (Å²) in [6, 6.07) is 10.6. The maximum Gasteiger partial charge on any atom is 0.255 e. The Morgan fingerprint density at radius 3 is 2.75 bits per heavy atom. The fourth-order valence-electron chi connectivity index (χ4n) is 4.89. The highest BCUT2D eigenvalue weighted by atomic mass is 16.1. The average Bonchev–Trinajstić information content (AvgIpc) is 2.82. The zero-order chi connectivity index (χ0) is 21.9. The van der Waals surface area contributed by atoms with Crippen molar-refractivity contribution in [3.8, 4) is 0 Å². The molecule has 168 valence electrons. The molecule has 1 saturated heterocycles. The summed E-state index contributed by atoms with van der Waals surface area (Å²) in [5, 5.41) is 4.55. The van der Waals surface area contributed by atoms with E-state index in [1.807, 2.05) is 0 Å². The number of benzene rings is 1. The summed E-state index contributed by atoms with van der Waals surface area (Å²) in [4.78, 5) is 29.6. The van der Waals surface area contributed by atoms with E-state index in [9.17, 15) is 4.79 Å². The SMILES string of the molecule is Cc1cc(N2CCN(CCCNc3nc4c(c(=O)[nH]3)CCCC4)CC2)nc2ccccc12. The zero-order valence-electron chi connectivity index (χ0n) is 18.9. The van der Waals surface area contributed by atoms with Crippen LogP contribution in [0.4, 0.5) is 11.8 Å². The number of H-pyrrole nitrogens is 1. The van der Waals surface area contributed by atoms with Gasteiger partial charge in [0.2, 0.25) is 5.95 Å². The first-order valence-corrected chi connectivity index (χ1v) is 11.9. The first-order chi connectivity index (χ1) is 15.7. The molecule has 0 saturated carbocycles. The second kappa shape index (κ2) is 9.28. The number of nitrogens with one attached hydrogen (secondary N) is 2. The monoisotopic (exact) mass is 432 g/mol. The Morgan fingerprint density at radius 2 is 1.88 bits per heavy atom. The minimum Gasteiger partial charge on any atom is -0.356 e. The molecule has 2 N–H and O–H groups in total. The summed E-state index contributed by atoms with van der Waals surface area (Å²) in [5.74, 6) is 1.71. The number of rotatable bonds is 6. The first-order valence-electron chi connectivity index (χ1n) is 11.9. The molecular weight excluding hydrogens is 400 g/mol. The van der Waals surface area contributed by atoms with E-state index in [0.717, 1.165) is 94.0 Å². The van der Waals surface area contributed by atoms with E-state index in [1.165, 1.54) is 10.9 Å². The van der Waals surface area contributed by atoms with Crippen LogP contribution < -0.4 is 15.8 Å². The van der Waals surface area contributed by atoms with Gasteiger partial charge in [-0.15, -0.1) is 0 Å². The van der Waals surface area contributed by atoms with Crippen molar-refractivity contribution < 1.29 is 0 Å². The number of fused-ring (bicyclic) bond motifs is 2. The Balaban J connectivity index is 1.10. The molecule has 0 unspecified atom stereocenters. The van der Waals surface area contributed by atoms with Crippen molar-refractivity contribution in [2.24, 2.45) is 0 Å². The molecule has 1 aliphatic heterocycles. The van der Waals surface area contributed by atoms with Crippen LogP contribution in [0.15, 0.2) is 35.1 Å². The van der Waals surface area contributed by atoms with Crippen molar-refractivity contribution >= 4 is 22.7 Å². The van der Waals surface area contributed by atoms with Crippen LogP contribution in [0.25, 0.3) is 10.9 Å². The highest BCUT2D eigenvalue weighted by molar-refractivity contribution is 5.83. The van der Waals surface area contributed by atoms with E-state index in [0.29, 0.717) is 5.95 Å². The highest BCUT2D eigenvalue weighted by Crippen LogP contribution is 2.23. The number of hydrogen-bond donors (Lipinski definition) is 2. The molecule has 0 spiro atoms. The number of piperazine rings is 1. The third-order valence-electron chi connectivity index (χ3n) is 6.74. The van der Waals surface area contributed by atoms with E-state index >= 15 is 0 Å². The van der Waals surface area contributed by atoms with Gasteiger partial charge in [0.1, 0.15) is 5.82 Å². The van der Waals surface area contributed by atoms with Crippen LogP contribution in [0.1, 0.15) is 36.1 Å². The Morgan fingerprint density at radius 1 is 1.06 bits per heavy atom. The minimum absolute atomic E-state index is 0.0332. The summed E-state index contributed by atoms with van der Waals surface area (Å²) in [6.45, 7) is 8.10. The lowest BCUT2D eigenvalue weighted by Crippen LogP contribution is -2.47. The van der Waals surface area contributed by atoms with Gasteiger partial charge in [0.15, 0.2) is 0 Å². The molecule has 7 nitrogen and oxygen atoms in total. The fourth-order valence-corrected chi connectivity index (χ4v) is 4.89. The molecule has 1 fully saturated rings. The van der Waals surface area contributed by atoms with Crippen molar-refractivity contribution in [3.63, 3.8) is 0 Å². The van der Waals surface area contributed by atoms with Crippen LogP contribution >= 0.6 is 0 Å². The molecule has 0 bridgehead atoms. The number of aromatic amines is 1. The van der Waals surface area contributed by atoms with Crippen LogP contribution in [0.2, 0.25) is 0 Å². The quantitative estimate of drug-likeness (QED) is 0.583. The number of nitrogens with zero attached hydrogens (tertiary/aromatic N) is 4. The van der Waals surface area contributed by atoms with Crippen molar-refractivity contribution in [3.05, 3.63) is 57.5 Å². The summed E-state index contributed by atoms with van der Waals surface area (Å²) in [6.07, 6.45) is 5.02. The van der Waals surface area contributed by atoms with E-state index in [1.54, 1.807) is 0 Å². The van der Waals surface area contributed by atoms with E-state index < -0.39 is 0 Å². The third-order valence-corrected chi connectivity index (χ3v) is 6.74. The van der Waals surface area contributed by atoms with Gasteiger partial charge >= 0.3 is 0 Å². The standard InChI is InChI=1S/C25H32N6O/c1-18-17-23(27-21-9-4-2-7-19(18)21)31-15-13-30(14-16-31)12-6-11-26-25-28-22-10-5-3-8-20(22)24(32)29-25/h2,4,7,9,17H,3,5-6,8,10-16H2,1H3,(H2,26,28,29,32). The van der Waals surface area contributed by atoms with Crippen molar-refractivity contribution in [1.82, 2.24) is 19.9 Å². The zero-order valence-corrected chi connectivity index (χ0v) is 18.9. The smallest absolute Gasteiger partial charge is 0.255 e. The largest absolute Gasteiger partial charge is 0.356 e. The first kappa shape index (κ1) is 20.9. The molecule has 3 heterocycles. The van der Waals surface area contributed by atoms with E-state index in [2.05, 4.69) is 62.3 Å². The third kappa shape index (κ3) is 4.48. The van der Waals surface area contributed by atoms with Crippen LogP contribution in [0.3, 0.4) is 0 Å². The summed E-state index contributed by atoms with van der Waals surface area (Å²) < 4.78 is 0. The summed E-state index contributed by atoms with van der Waals surface area (Å²) >= 11 is 0. The summed E-state index contributed by atoms with van der Waals surface area (Å²) in [7, 11) is 0. The number of aryl methyl sites for hydroxylation is 2.